The van der Waals surface area contributed by atoms with Crippen LogP contribution in [-0.4, -0.2) is 67.2 Å². The number of methoxy groups -OCH3 is 1. The Labute approximate surface area is 160 Å². The molecule has 0 unspecified atom stereocenters. The maximum Gasteiger partial charge on any atom is 0.270 e. The number of likely N-dealkylation sites (N-methyl/N-ethyl adjacent to an activating group) is 1. The predicted molar refractivity (Wildman–Crippen MR) is 105 cm³/mol. The minimum atomic E-state index is -0.172. The summed E-state index contributed by atoms with van der Waals surface area (Å²) in [5.41, 5.74) is 1.52. The van der Waals surface area contributed by atoms with E-state index in [2.05, 4.69) is 32.0 Å². The summed E-state index contributed by atoms with van der Waals surface area (Å²) in [6.45, 7) is 7.65. The fourth-order valence-corrected chi connectivity index (χ4v) is 3.18. The minimum absolute atomic E-state index is 0.172. The predicted octanol–water partition coefficient (Wildman–Crippen LogP) is 1.60. The van der Waals surface area contributed by atoms with Crippen molar-refractivity contribution >= 4 is 11.7 Å². The molecule has 7 nitrogen and oxygen atoms in total. The van der Waals surface area contributed by atoms with Gasteiger partial charge in [-0.1, -0.05) is 19.1 Å². The zero-order valence-electron chi connectivity index (χ0n) is 16.0. The fourth-order valence-electron chi connectivity index (χ4n) is 3.18. The number of hydrogen-bond donors (Lipinski definition) is 1. The number of carbonyl (C=O) groups is 1. The van der Waals surface area contributed by atoms with Crippen LogP contribution in [0.25, 0.3) is 0 Å². The second kappa shape index (κ2) is 9.32. The van der Waals surface area contributed by atoms with Crippen molar-refractivity contribution in [3.05, 3.63) is 47.9 Å². The molecule has 1 aliphatic rings. The molecular formula is C20H27N5O2. The zero-order chi connectivity index (χ0) is 19.1. The Morgan fingerprint density at radius 2 is 2.00 bits per heavy atom. The van der Waals surface area contributed by atoms with Gasteiger partial charge in [0.05, 0.1) is 7.11 Å². The van der Waals surface area contributed by atoms with Crippen molar-refractivity contribution in [3.63, 3.8) is 0 Å². The summed E-state index contributed by atoms with van der Waals surface area (Å²) in [7, 11) is 1.65. The van der Waals surface area contributed by atoms with E-state index in [1.807, 2.05) is 24.3 Å². The lowest BCUT2D eigenvalue weighted by Crippen LogP contribution is -2.46. The molecule has 1 saturated heterocycles. The number of piperazine rings is 1. The molecular weight excluding hydrogens is 342 g/mol. The monoisotopic (exact) mass is 369 g/mol. The van der Waals surface area contributed by atoms with Crippen LogP contribution in [0.15, 0.2) is 36.7 Å². The average Bonchev–Trinajstić information content (AvgIpc) is 2.74. The molecule has 1 aromatic carbocycles. The molecule has 1 fully saturated rings. The third-order valence-electron chi connectivity index (χ3n) is 4.86. The lowest BCUT2D eigenvalue weighted by Gasteiger charge is -2.34. The second-order valence-corrected chi connectivity index (χ2v) is 6.54. The summed E-state index contributed by atoms with van der Waals surface area (Å²) in [4.78, 5) is 25.5. The van der Waals surface area contributed by atoms with Crippen molar-refractivity contribution < 1.29 is 9.53 Å². The molecule has 0 saturated carbocycles. The van der Waals surface area contributed by atoms with Gasteiger partial charge in [-0.3, -0.25) is 4.79 Å². The summed E-state index contributed by atoms with van der Waals surface area (Å²) in [5.74, 6) is 1.47. The number of hydrogen-bond acceptors (Lipinski definition) is 6. The fraction of sp³-hybridized carbons (Fsp3) is 0.450. The highest BCUT2D eigenvalue weighted by molar-refractivity contribution is 5.92. The largest absolute Gasteiger partial charge is 0.497 e. The van der Waals surface area contributed by atoms with Crippen molar-refractivity contribution in [2.24, 2.45) is 0 Å². The molecule has 0 atom stereocenters. The Morgan fingerprint density at radius 1 is 1.19 bits per heavy atom. The van der Waals surface area contributed by atoms with Gasteiger partial charge >= 0.3 is 0 Å². The molecule has 1 amide bonds. The van der Waals surface area contributed by atoms with Gasteiger partial charge in [0.15, 0.2) is 0 Å². The van der Waals surface area contributed by atoms with Gasteiger partial charge in [0.25, 0.3) is 5.91 Å². The Balaban J connectivity index is 1.54. The molecule has 3 rings (SSSR count). The summed E-state index contributed by atoms with van der Waals surface area (Å²) in [6, 6.07) is 9.64. The van der Waals surface area contributed by atoms with E-state index in [-0.39, 0.29) is 5.91 Å². The van der Waals surface area contributed by atoms with Crippen molar-refractivity contribution in [1.82, 2.24) is 20.2 Å². The normalized spacial score (nSPS) is 14.8. The number of nitrogens with zero attached hydrogens (tertiary/aromatic N) is 4. The van der Waals surface area contributed by atoms with Crippen molar-refractivity contribution in [1.29, 1.82) is 0 Å². The van der Waals surface area contributed by atoms with Crippen molar-refractivity contribution in [2.75, 3.05) is 51.3 Å². The van der Waals surface area contributed by atoms with Crippen LogP contribution in [0.5, 0.6) is 5.75 Å². The standard InChI is InChI=1S/C20H27N5O2/c1-3-24-9-11-25(12-10-24)19-14-18(22-15-23-19)20(26)21-8-7-16-5-4-6-17(13-16)27-2/h4-6,13-15H,3,7-12H2,1-2H3,(H,21,26). The topological polar surface area (TPSA) is 70.6 Å². The molecule has 1 aliphatic heterocycles. The maximum absolute atomic E-state index is 12.4. The molecule has 2 aromatic rings. The first-order valence-corrected chi connectivity index (χ1v) is 9.40. The Morgan fingerprint density at radius 3 is 2.74 bits per heavy atom. The number of ether oxygens (including phenoxy) is 1. The quantitative estimate of drug-likeness (QED) is 0.799. The first kappa shape index (κ1) is 19.1. The third-order valence-corrected chi connectivity index (χ3v) is 4.86. The zero-order valence-corrected chi connectivity index (χ0v) is 16.0. The van der Waals surface area contributed by atoms with Crippen LogP contribution in [0.1, 0.15) is 23.0 Å². The molecule has 1 N–H and O–H groups in total. The lowest BCUT2D eigenvalue weighted by molar-refractivity contribution is 0.0949. The molecule has 27 heavy (non-hydrogen) atoms. The van der Waals surface area contributed by atoms with Crippen molar-refractivity contribution in [2.45, 2.75) is 13.3 Å². The number of aromatic nitrogens is 2. The first-order valence-electron chi connectivity index (χ1n) is 9.40. The Kier molecular flexibility index (Phi) is 6.59. The van der Waals surface area contributed by atoms with Gasteiger partial charge in [0.1, 0.15) is 23.6 Å². The van der Waals surface area contributed by atoms with E-state index in [0.29, 0.717) is 12.2 Å². The highest BCUT2D eigenvalue weighted by Gasteiger charge is 2.18. The van der Waals surface area contributed by atoms with Crippen LogP contribution < -0.4 is 15.0 Å². The summed E-state index contributed by atoms with van der Waals surface area (Å²) in [6.07, 6.45) is 2.21. The van der Waals surface area contributed by atoms with E-state index in [1.165, 1.54) is 6.33 Å². The van der Waals surface area contributed by atoms with E-state index in [9.17, 15) is 4.79 Å². The molecule has 0 aliphatic carbocycles. The number of rotatable bonds is 7. The first-order chi connectivity index (χ1) is 13.2. The molecule has 0 radical (unpaired) electrons. The maximum atomic E-state index is 12.4. The smallest absolute Gasteiger partial charge is 0.270 e. The van der Waals surface area contributed by atoms with Gasteiger partial charge in [-0.2, -0.15) is 0 Å². The molecule has 7 heteroatoms. The SMILES string of the molecule is CCN1CCN(c2cc(C(=O)NCCc3cccc(OC)c3)ncn2)CC1. The molecule has 144 valence electrons. The Hall–Kier alpha value is -2.67. The van der Waals surface area contributed by atoms with Crippen LogP contribution in [0, 0.1) is 0 Å². The molecule has 0 spiro atoms. The van der Waals surface area contributed by atoms with Gasteiger partial charge in [-0.25, -0.2) is 9.97 Å². The van der Waals surface area contributed by atoms with E-state index >= 15 is 0 Å². The molecule has 2 heterocycles. The number of benzene rings is 1. The number of amides is 1. The highest BCUT2D eigenvalue weighted by atomic mass is 16.5. The van der Waals surface area contributed by atoms with Crippen LogP contribution in [0.3, 0.4) is 0 Å². The van der Waals surface area contributed by atoms with E-state index < -0.39 is 0 Å². The third kappa shape index (κ3) is 5.17. The van der Waals surface area contributed by atoms with Crippen LogP contribution in [0.4, 0.5) is 5.82 Å². The summed E-state index contributed by atoms with van der Waals surface area (Å²) in [5, 5.41) is 2.93. The summed E-state index contributed by atoms with van der Waals surface area (Å²) >= 11 is 0. The molecule has 1 aromatic heterocycles. The second-order valence-electron chi connectivity index (χ2n) is 6.54. The van der Waals surface area contributed by atoms with Crippen LogP contribution in [-0.2, 0) is 6.42 Å². The number of nitrogens with one attached hydrogen (secondary N) is 1. The molecule has 0 bridgehead atoms. The summed E-state index contributed by atoms with van der Waals surface area (Å²) < 4.78 is 5.22. The average molecular weight is 369 g/mol. The number of anilines is 1. The van der Waals surface area contributed by atoms with Crippen molar-refractivity contribution in [3.8, 4) is 5.75 Å². The van der Waals surface area contributed by atoms with Gasteiger partial charge in [0.2, 0.25) is 0 Å². The van der Waals surface area contributed by atoms with Gasteiger partial charge in [-0.05, 0) is 30.7 Å². The van der Waals surface area contributed by atoms with Gasteiger partial charge in [-0.15, -0.1) is 0 Å². The van der Waals surface area contributed by atoms with E-state index in [4.69, 9.17) is 4.74 Å². The van der Waals surface area contributed by atoms with E-state index in [1.54, 1.807) is 13.2 Å². The number of carbonyl (C=O) groups excluding carboxylic acids is 1. The lowest BCUT2D eigenvalue weighted by atomic mass is 10.1. The minimum Gasteiger partial charge on any atom is -0.497 e. The Bertz CT molecular complexity index is 760. The van der Waals surface area contributed by atoms with Crippen LogP contribution in [0.2, 0.25) is 0 Å². The van der Waals surface area contributed by atoms with Gasteiger partial charge in [0, 0.05) is 38.8 Å². The van der Waals surface area contributed by atoms with Gasteiger partial charge < -0.3 is 19.9 Å². The van der Waals surface area contributed by atoms with E-state index in [0.717, 1.165) is 56.3 Å². The van der Waals surface area contributed by atoms with Crippen LogP contribution >= 0.6 is 0 Å². The highest BCUT2D eigenvalue weighted by Crippen LogP contribution is 2.14.